The van der Waals surface area contributed by atoms with Gasteiger partial charge in [0.1, 0.15) is 11.6 Å². The number of anilines is 6. The van der Waals surface area contributed by atoms with Crippen LogP contribution in [-0.2, 0) is 28.8 Å². The minimum absolute atomic E-state index is 0.177. The van der Waals surface area contributed by atoms with Gasteiger partial charge in [-0.25, -0.2) is 4.98 Å². The van der Waals surface area contributed by atoms with Gasteiger partial charge in [-0.15, -0.1) is 0 Å². The Labute approximate surface area is 408 Å². The molecule has 0 radical (unpaired) electrons. The third-order valence-electron chi connectivity index (χ3n) is 7.95. The second kappa shape index (κ2) is 35.4. The van der Waals surface area contributed by atoms with Crippen LogP contribution >= 0.6 is 0 Å². The number of carbonyl (C=O) groups excluding carboxylic acids is 6. The molecule has 0 aliphatic heterocycles. The first-order valence-corrected chi connectivity index (χ1v) is 20.8. The molecule has 0 spiro atoms. The van der Waals surface area contributed by atoms with Crippen molar-refractivity contribution in [2.45, 2.75) is 13.8 Å². The van der Waals surface area contributed by atoms with Crippen LogP contribution in [0.2, 0.25) is 0 Å². The fourth-order valence-electron chi connectivity index (χ4n) is 4.55. The number of aromatic nitrogens is 3. The van der Waals surface area contributed by atoms with E-state index in [0.717, 1.165) is 39.6 Å². The standard InChI is InChI=1S/C10H11NO2.2C10H11NO.3C8H8N2O/c1-3-10(12)11-8-4-6-9(13-2)7-5-8;1-3-10(12)11-9-6-4-5-8(2)7-9;1-3-10(12)11-9-7-5-4-6-8(9)2;1-2-8(11)10-7-3-5-9-6-4-7;1-2-8(11)10-7-4-3-5-9-6-7;1-2-8(11)10-7-5-3-4-6-9-7/h3-7H,1H2,2H3,(H,11,12);2*3-7H,1H2,2H3,(H,11,12);2-6H,1H2,(H,9,10,11);2-6H,1H2,(H,10,11);2-6H,1H2,(H,9,10,11). The fraction of sp³-hybridized carbons (Fsp3) is 0.0556. The number of nitrogens with zero attached hydrogens (tertiary/aromatic N) is 3. The SMILES string of the molecule is C=CC(=O)Nc1ccc(OC)cc1.C=CC(=O)Nc1cccc(C)c1.C=CC(=O)Nc1ccccc1C.C=CC(=O)Nc1ccccn1.C=CC(=O)Nc1cccnc1.C=CC(=O)Nc1ccncc1. The van der Waals surface area contributed by atoms with E-state index in [1.165, 1.54) is 36.5 Å². The van der Waals surface area contributed by atoms with Crippen molar-refractivity contribution in [2.24, 2.45) is 0 Å². The molecule has 3 aromatic carbocycles. The van der Waals surface area contributed by atoms with Crippen LogP contribution in [0.5, 0.6) is 5.75 Å². The predicted molar refractivity (Wildman–Crippen MR) is 281 cm³/mol. The Kier molecular flexibility index (Phi) is 29.5. The highest BCUT2D eigenvalue weighted by molar-refractivity contribution is 6.01. The largest absolute Gasteiger partial charge is 0.497 e. The smallest absolute Gasteiger partial charge is 0.248 e. The molecule has 0 unspecified atom stereocenters. The summed E-state index contributed by atoms with van der Waals surface area (Å²) in [6, 6.07) is 34.5. The zero-order valence-corrected chi connectivity index (χ0v) is 39.3. The van der Waals surface area contributed by atoms with Crippen molar-refractivity contribution in [3.63, 3.8) is 0 Å². The number of carbonyl (C=O) groups is 6. The van der Waals surface area contributed by atoms with Gasteiger partial charge in [-0.2, -0.15) is 0 Å². The molecular weight excluding hydrogens is 887 g/mol. The minimum atomic E-state index is -0.247. The molecule has 0 saturated carbocycles. The van der Waals surface area contributed by atoms with Crippen molar-refractivity contribution in [1.29, 1.82) is 0 Å². The van der Waals surface area contributed by atoms with Gasteiger partial charge in [0.15, 0.2) is 0 Å². The van der Waals surface area contributed by atoms with Crippen molar-refractivity contribution >= 4 is 69.7 Å². The fourth-order valence-corrected chi connectivity index (χ4v) is 4.55. The number of methoxy groups -OCH3 is 1. The summed E-state index contributed by atoms with van der Waals surface area (Å²) in [4.78, 5) is 76.3. The second-order valence-electron chi connectivity index (χ2n) is 13.3. The molecule has 0 aliphatic carbocycles. The number of benzene rings is 3. The molecule has 6 rings (SSSR count). The quantitative estimate of drug-likeness (QED) is 0.0602. The number of nitrogens with one attached hydrogen (secondary N) is 6. The lowest BCUT2D eigenvalue weighted by atomic mass is 10.2. The highest BCUT2D eigenvalue weighted by atomic mass is 16.5. The number of amides is 6. The summed E-state index contributed by atoms with van der Waals surface area (Å²) in [7, 11) is 1.59. The summed E-state index contributed by atoms with van der Waals surface area (Å²) in [5.74, 6) is 0.0435. The molecular formula is C54H57N9O7. The van der Waals surface area contributed by atoms with Crippen molar-refractivity contribution in [3.8, 4) is 5.75 Å². The third kappa shape index (κ3) is 27.5. The van der Waals surface area contributed by atoms with Crippen LogP contribution in [-0.4, -0.2) is 57.5 Å². The van der Waals surface area contributed by atoms with E-state index in [9.17, 15) is 28.8 Å². The Morgan fingerprint density at radius 1 is 0.443 bits per heavy atom. The number of ether oxygens (including phenoxy) is 1. The molecule has 0 bridgehead atoms. The van der Waals surface area contributed by atoms with Crippen LogP contribution in [0.15, 0.2) is 222 Å². The molecule has 6 amide bonds. The highest BCUT2D eigenvalue weighted by Crippen LogP contribution is 2.15. The highest BCUT2D eigenvalue weighted by Gasteiger charge is 2.00. The Hall–Kier alpha value is -9.83. The molecule has 6 N–H and O–H groups in total. The van der Waals surface area contributed by atoms with Crippen molar-refractivity contribution < 1.29 is 33.5 Å². The summed E-state index contributed by atoms with van der Waals surface area (Å²) in [5, 5.41) is 15.7. The van der Waals surface area contributed by atoms with E-state index in [0.29, 0.717) is 11.5 Å². The Bertz CT molecular complexity index is 2490. The van der Waals surface area contributed by atoms with Crippen molar-refractivity contribution in [1.82, 2.24) is 15.0 Å². The average Bonchev–Trinajstić information content (AvgIpc) is 3.39. The van der Waals surface area contributed by atoms with Gasteiger partial charge in [0, 0.05) is 47.5 Å². The molecule has 360 valence electrons. The molecule has 70 heavy (non-hydrogen) atoms. The normalized spacial score (nSPS) is 8.90. The first-order chi connectivity index (χ1) is 33.7. The van der Waals surface area contributed by atoms with E-state index < -0.39 is 0 Å². The Morgan fingerprint density at radius 2 is 0.929 bits per heavy atom. The zero-order valence-electron chi connectivity index (χ0n) is 39.3. The van der Waals surface area contributed by atoms with Gasteiger partial charge in [-0.05, 0) is 140 Å². The van der Waals surface area contributed by atoms with E-state index >= 15 is 0 Å². The predicted octanol–water partition coefficient (Wildman–Crippen LogP) is 9.68. The van der Waals surface area contributed by atoms with E-state index in [1.54, 1.807) is 105 Å². The summed E-state index contributed by atoms with van der Waals surface area (Å²) in [6.07, 6.45) is 15.4. The van der Waals surface area contributed by atoms with Gasteiger partial charge in [-0.1, -0.05) is 75.9 Å². The molecule has 3 heterocycles. The number of para-hydroxylation sites is 1. The first-order valence-electron chi connectivity index (χ1n) is 20.8. The number of hydrogen-bond donors (Lipinski definition) is 6. The van der Waals surface area contributed by atoms with Gasteiger partial charge in [0.2, 0.25) is 35.4 Å². The zero-order chi connectivity index (χ0) is 51.9. The van der Waals surface area contributed by atoms with E-state index in [2.05, 4.69) is 86.3 Å². The Morgan fingerprint density at radius 3 is 1.41 bits per heavy atom. The second-order valence-corrected chi connectivity index (χ2v) is 13.3. The van der Waals surface area contributed by atoms with Crippen molar-refractivity contribution in [3.05, 3.63) is 233 Å². The molecule has 3 aromatic heterocycles. The first kappa shape index (κ1) is 58.2. The van der Waals surface area contributed by atoms with Crippen LogP contribution in [0.4, 0.5) is 34.3 Å². The van der Waals surface area contributed by atoms with E-state index in [1.807, 2.05) is 62.4 Å². The maximum absolute atomic E-state index is 10.9. The lowest BCUT2D eigenvalue weighted by molar-refractivity contribution is -0.112. The molecule has 6 aromatic rings. The summed E-state index contributed by atoms with van der Waals surface area (Å²) < 4.78 is 4.97. The van der Waals surface area contributed by atoms with Crippen LogP contribution in [0.1, 0.15) is 11.1 Å². The number of hydrogen-bond acceptors (Lipinski definition) is 10. The van der Waals surface area contributed by atoms with Gasteiger partial charge in [0.05, 0.1) is 19.0 Å². The van der Waals surface area contributed by atoms with Gasteiger partial charge < -0.3 is 36.6 Å². The minimum Gasteiger partial charge on any atom is -0.497 e. The van der Waals surface area contributed by atoms with Crippen LogP contribution in [0.25, 0.3) is 0 Å². The maximum atomic E-state index is 10.9. The summed E-state index contributed by atoms with van der Waals surface area (Å²) in [5.41, 5.74) is 5.94. The molecule has 0 fully saturated rings. The third-order valence-corrected chi connectivity index (χ3v) is 7.95. The van der Waals surface area contributed by atoms with Gasteiger partial charge in [-0.3, -0.25) is 38.7 Å². The lowest BCUT2D eigenvalue weighted by Gasteiger charge is -2.04. The van der Waals surface area contributed by atoms with E-state index in [-0.39, 0.29) is 35.4 Å². The van der Waals surface area contributed by atoms with Crippen LogP contribution in [0, 0.1) is 13.8 Å². The molecule has 0 aliphatic rings. The van der Waals surface area contributed by atoms with Gasteiger partial charge in [0.25, 0.3) is 0 Å². The van der Waals surface area contributed by atoms with Gasteiger partial charge >= 0.3 is 0 Å². The number of rotatable bonds is 13. The lowest BCUT2D eigenvalue weighted by Crippen LogP contribution is -2.08. The number of aryl methyl sites for hydroxylation is 2. The number of pyridine rings is 3. The molecule has 0 saturated heterocycles. The maximum Gasteiger partial charge on any atom is 0.248 e. The van der Waals surface area contributed by atoms with Crippen LogP contribution < -0.4 is 36.6 Å². The van der Waals surface area contributed by atoms with Crippen molar-refractivity contribution in [2.75, 3.05) is 39.0 Å². The Balaban J connectivity index is 0.000000420. The molecule has 16 heteroatoms. The van der Waals surface area contributed by atoms with Crippen LogP contribution in [0.3, 0.4) is 0 Å². The average molecular weight is 944 g/mol. The summed E-state index contributed by atoms with van der Waals surface area (Å²) >= 11 is 0. The monoisotopic (exact) mass is 943 g/mol. The molecule has 0 atom stereocenters. The van der Waals surface area contributed by atoms with E-state index in [4.69, 9.17) is 4.74 Å². The topological polar surface area (TPSA) is 222 Å². The molecule has 16 nitrogen and oxygen atoms in total. The summed E-state index contributed by atoms with van der Waals surface area (Å²) in [6.45, 7) is 24.0.